The van der Waals surface area contributed by atoms with E-state index < -0.39 is 5.92 Å². The van der Waals surface area contributed by atoms with Crippen molar-refractivity contribution in [1.29, 1.82) is 5.26 Å². The van der Waals surface area contributed by atoms with Gasteiger partial charge in [-0.1, -0.05) is 87.7 Å². The zero-order valence-electron chi connectivity index (χ0n) is 21.0. The molecule has 1 aliphatic heterocycles. The van der Waals surface area contributed by atoms with Gasteiger partial charge in [0.15, 0.2) is 10.1 Å². The number of nitrogens with one attached hydrogen (secondary N) is 1. The molecule has 0 spiro atoms. The van der Waals surface area contributed by atoms with Gasteiger partial charge in [-0.3, -0.25) is 14.5 Å². The first-order valence-corrected chi connectivity index (χ1v) is 15.0. The van der Waals surface area contributed by atoms with Crippen LogP contribution >= 0.6 is 57.9 Å². The molecule has 3 N–H and O–H groups in total. The molecule has 5 rings (SSSR count). The van der Waals surface area contributed by atoms with Crippen LogP contribution in [0.5, 0.6) is 0 Å². The van der Waals surface area contributed by atoms with E-state index in [1.54, 1.807) is 4.90 Å². The third kappa shape index (κ3) is 5.57. The molecule has 1 aromatic heterocycles. The number of aryl methyl sites for hydroxylation is 1. The van der Waals surface area contributed by atoms with E-state index in [9.17, 15) is 14.9 Å². The number of carbonyl (C=O) groups is 2. The average molecular weight is 632 g/mol. The Kier molecular flexibility index (Phi) is 8.40. The first-order chi connectivity index (χ1) is 19.2. The van der Waals surface area contributed by atoms with Crippen molar-refractivity contribution in [2.24, 2.45) is 5.73 Å². The molecule has 2 aromatic carbocycles. The lowest BCUT2D eigenvalue weighted by Crippen LogP contribution is -2.38. The van der Waals surface area contributed by atoms with Gasteiger partial charge < -0.3 is 11.1 Å². The van der Waals surface area contributed by atoms with Gasteiger partial charge in [-0.25, -0.2) is 0 Å². The first kappa shape index (κ1) is 28.5. The highest BCUT2D eigenvalue weighted by atomic mass is 35.5. The highest BCUT2D eigenvalue weighted by molar-refractivity contribution is 8.01. The van der Waals surface area contributed by atoms with E-state index in [0.29, 0.717) is 45.6 Å². The van der Waals surface area contributed by atoms with Crippen LogP contribution in [0.15, 0.2) is 63.4 Å². The van der Waals surface area contributed by atoms with E-state index in [0.717, 1.165) is 16.8 Å². The Morgan fingerprint density at radius 3 is 2.62 bits per heavy atom. The van der Waals surface area contributed by atoms with Crippen molar-refractivity contribution in [3.63, 3.8) is 0 Å². The molecule has 1 atom stereocenters. The number of nitrogens with two attached hydrogens (primary N) is 1. The zero-order valence-corrected chi connectivity index (χ0v) is 24.9. The molecule has 8 nitrogen and oxygen atoms in total. The number of amides is 1. The molecule has 0 fully saturated rings. The Hall–Kier alpha value is -3.07. The van der Waals surface area contributed by atoms with Gasteiger partial charge in [0.2, 0.25) is 11.0 Å². The van der Waals surface area contributed by atoms with Crippen molar-refractivity contribution in [2.45, 2.75) is 36.4 Å². The van der Waals surface area contributed by atoms with Crippen LogP contribution in [-0.4, -0.2) is 27.6 Å². The molecule has 2 heterocycles. The quantitative estimate of drug-likeness (QED) is 0.224. The number of nitriles is 1. The summed E-state index contributed by atoms with van der Waals surface area (Å²) < 4.78 is 0.515. The number of nitrogens with zero attached hydrogens (tertiary/aromatic N) is 4. The maximum atomic E-state index is 13.3. The fraction of sp³-hybridized carbons (Fsp3) is 0.222. The van der Waals surface area contributed by atoms with Crippen LogP contribution in [0.3, 0.4) is 0 Å². The fourth-order valence-electron chi connectivity index (χ4n) is 4.68. The smallest absolute Gasteiger partial charge is 0.234 e. The van der Waals surface area contributed by atoms with Crippen LogP contribution in [0, 0.1) is 18.3 Å². The van der Waals surface area contributed by atoms with Crippen molar-refractivity contribution >= 4 is 80.4 Å². The number of thioether (sulfide) groups is 1. The van der Waals surface area contributed by atoms with Crippen LogP contribution in [0.2, 0.25) is 15.1 Å². The summed E-state index contributed by atoms with van der Waals surface area (Å²) in [6.45, 7) is 1.98. The van der Waals surface area contributed by atoms with Gasteiger partial charge in [-0.15, -0.1) is 10.2 Å². The minimum absolute atomic E-state index is 0.00572. The van der Waals surface area contributed by atoms with Gasteiger partial charge >= 0.3 is 0 Å². The van der Waals surface area contributed by atoms with E-state index in [1.807, 2.05) is 31.2 Å². The standard InChI is InChI=1S/C27H21Cl3N6O2S2/c1-13-5-7-14(8-6-13)23-15(11-31)25(32)36(20-3-2-4-21(37)24(20)23)26-34-35-27(40-26)39-12-22(38)33-19-10-17(29)16(28)9-18(19)30/h5-10,23H,2-4,12,32H2,1H3,(H,33,38). The number of anilines is 2. The van der Waals surface area contributed by atoms with Crippen LogP contribution in [0.1, 0.15) is 36.3 Å². The molecule has 1 aliphatic carbocycles. The molecule has 3 aromatic rings. The van der Waals surface area contributed by atoms with Gasteiger partial charge in [0.25, 0.3) is 0 Å². The summed E-state index contributed by atoms with van der Waals surface area (Å²) in [5.41, 5.74) is 10.5. The molecule has 0 saturated carbocycles. The number of benzene rings is 2. The predicted octanol–water partition coefficient (Wildman–Crippen LogP) is 6.84. The first-order valence-electron chi connectivity index (χ1n) is 12.1. The molecule has 1 unspecified atom stereocenters. The van der Waals surface area contributed by atoms with Gasteiger partial charge in [0.1, 0.15) is 5.82 Å². The summed E-state index contributed by atoms with van der Waals surface area (Å²) in [5.74, 6) is -0.615. The highest BCUT2D eigenvalue weighted by Gasteiger charge is 2.41. The minimum atomic E-state index is -0.539. The number of rotatable bonds is 6. The van der Waals surface area contributed by atoms with Crippen molar-refractivity contribution < 1.29 is 9.59 Å². The second kappa shape index (κ2) is 11.8. The molecule has 2 aliphatic rings. The van der Waals surface area contributed by atoms with E-state index in [4.69, 9.17) is 40.5 Å². The Balaban J connectivity index is 1.40. The molecule has 1 amide bonds. The number of allylic oxidation sites excluding steroid dienone is 3. The summed E-state index contributed by atoms with van der Waals surface area (Å²) in [6.07, 6.45) is 1.68. The summed E-state index contributed by atoms with van der Waals surface area (Å²) >= 11 is 20.5. The number of halogens is 3. The van der Waals surface area contributed by atoms with Crippen molar-refractivity contribution in [3.8, 4) is 6.07 Å². The van der Waals surface area contributed by atoms with Crippen molar-refractivity contribution in [2.75, 3.05) is 16.0 Å². The number of Topliss-reactive ketones (excluding diaryl/α,β-unsaturated/α-hetero) is 1. The second-order valence-electron chi connectivity index (χ2n) is 9.16. The fourth-order valence-corrected chi connectivity index (χ4v) is 6.96. The molecule has 0 radical (unpaired) electrons. The maximum absolute atomic E-state index is 13.3. The van der Waals surface area contributed by atoms with Crippen LogP contribution in [0.4, 0.5) is 10.8 Å². The maximum Gasteiger partial charge on any atom is 0.234 e. The molecule has 0 saturated heterocycles. The van der Waals surface area contributed by atoms with Gasteiger partial charge in [0.05, 0.1) is 44.1 Å². The third-order valence-electron chi connectivity index (χ3n) is 6.52. The summed E-state index contributed by atoms with van der Waals surface area (Å²) in [7, 11) is 0. The van der Waals surface area contributed by atoms with Crippen LogP contribution in [-0.2, 0) is 9.59 Å². The van der Waals surface area contributed by atoms with Gasteiger partial charge in [0, 0.05) is 17.7 Å². The van der Waals surface area contributed by atoms with Crippen molar-refractivity contribution in [3.05, 3.63) is 85.3 Å². The normalized spacial score (nSPS) is 17.1. The third-order valence-corrected chi connectivity index (χ3v) is 9.60. The zero-order chi connectivity index (χ0) is 28.6. The predicted molar refractivity (Wildman–Crippen MR) is 160 cm³/mol. The molecule has 0 bridgehead atoms. The van der Waals surface area contributed by atoms with E-state index >= 15 is 0 Å². The summed E-state index contributed by atoms with van der Waals surface area (Å²) in [6, 6.07) is 13.0. The van der Waals surface area contributed by atoms with Gasteiger partial charge in [-0.2, -0.15) is 5.26 Å². The number of carbonyl (C=O) groups excluding carboxylic acids is 2. The monoisotopic (exact) mass is 630 g/mol. The molecular weight excluding hydrogens is 611 g/mol. The Labute approximate surface area is 253 Å². The van der Waals surface area contributed by atoms with Crippen molar-refractivity contribution in [1.82, 2.24) is 10.2 Å². The molecule has 204 valence electrons. The molecule has 40 heavy (non-hydrogen) atoms. The number of ketones is 1. The molecule has 13 heteroatoms. The lowest BCUT2D eigenvalue weighted by Gasteiger charge is -2.38. The molecular formula is C27H21Cl3N6O2S2. The Morgan fingerprint density at radius 1 is 1.18 bits per heavy atom. The lowest BCUT2D eigenvalue weighted by molar-refractivity contribution is -0.116. The summed E-state index contributed by atoms with van der Waals surface area (Å²) in [5, 5.41) is 22.6. The Morgan fingerprint density at radius 2 is 1.90 bits per heavy atom. The van der Waals surface area contributed by atoms with E-state index in [2.05, 4.69) is 21.6 Å². The number of hydrogen-bond donors (Lipinski definition) is 2. The Bertz CT molecular complexity index is 1630. The van der Waals surface area contributed by atoms with E-state index in [1.165, 1.54) is 35.2 Å². The highest BCUT2D eigenvalue weighted by Crippen LogP contribution is 2.47. The second-order valence-corrected chi connectivity index (χ2v) is 12.6. The largest absolute Gasteiger partial charge is 0.384 e. The van der Waals surface area contributed by atoms with Crippen LogP contribution < -0.4 is 16.0 Å². The van der Waals surface area contributed by atoms with Gasteiger partial charge in [-0.05, 0) is 37.5 Å². The minimum Gasteiger partial charge on any atom is -0.384 e. The lowest BCUT2D eigenvalue weighted by atomic mass is 9.75. The van der Waals surface area contributed by atoms with Crippen LogP contribution in [0.25, 0.3) is 0 Å². The average Bonchev–Trinajstić information content (AvgIpc) is 3.39. The number of hydrogen-bond acceptors (Lipinski definition) is 9. The van der Waals surface area contributed by atoms with E-state index in [-0.39, 0.29) is 38.3 Å². The SMILES string of the molecule is Cc1ccc(C2C(C#N)=C(N)N(c3nnc(SCC(=O)Nc4cc(Cl)c(Cl)cc4Cl)s3)C3=C2C(=O)CCC3)cc1. The summed E-state index contributed by atoms with van der Waals surface area (Å²) in [4.78, 5) is 27.5. The number of aromatic nitrogens is 2. The topological polar surface area (TPSA) is 125 Å².